The van der Waals surface area contributed by atoms with Gasteiger partial charge >= 0.3 is 0 Å². The van der Waals surface area contributed by atoms with Crippen LogP contribution in [0.3, 0.4) is 0 Å². The number of nitrogens with zero attached hydrogens (tertiary/aromatic N) is 1. The third-order valence-corrected chi connectivity index (χ3v) is 8.85. The van der Waals surface area contributed by atoms with Crippen molar-refractivity contribution in [2.24, 2.45) is 0 Å². The second-order valence-electron chi connectivity index (χ2n) is 8.02. The summed E-state index contributed by atoms with van der Waals surface area (Å²) in [5.41, 5.74) is 2.89. The minimum atomic E-state index is -4.06. The molecule has 180 valence electrons. The summed E-state index contributed by atoms with van der Waals surface area (Å²) in [6, 6.07) is 15.1. The fraction of sp³-hybridized carbons (Fsp3) is 0.250. The number of halogens is 1. The maximum absolute atomic E-state index is 14.2. The maximum Gasteiger partial charge on any atom is 0.262 e. The smallest absolute Gasteiger partial charge is 0.262 e. The van der Waals surface area contributed by atoms with E-state index >= 15 is 0 Å². The van der Waals surface area contributed by atoms with Gasteiger partial charge in [-0.25, -0.2) is 21.2 Å². The van der Waals surface area contributed by atoms with Gasteiger partial charge in [-0.1, -0.05) is 23.8 Å². The van der Waals surface area contributed by atoms with Gasteiger partial charge in [0.1, 0.15) is 0 Å². The number of benzene rings is 3. The molecule has 0 radical (unpaired) electrons. The summed E-state index contributed by atoms with van der Waals surface area (Å²) in [4.78, 5) is -0.0225. The van der Waals surface area contributed by atoms with Crippen LogP contribution in [0, 0.1) is 12.7 Å². The molecule has 0 atom stereocenters. The average molecular weight is 505 g/mol. The molecule has 34 heavy (non-hydrogen) atoms. The molecule has 0 unspecified atom stereocenters. The number of hydrogen-bond acceptors (Lipinski definition) is 5. The summed E-state index contributed by atoms with van der Waals surface area (Å²) >= 11 is 0. The third-order valence-electron chi connectivity index (χ3n) is 5.61. The van der Waals surface area contributed by atoms with Gasteiger partial charge in [0, 0.05) is 18.8 Å². The van der Waals surface area contributed by atoms with Crippen molar-refractivity contribution in [1.29, 1.82) is 0 Å². The van der Waals surface area contributed by atoms with Gasteiger partial charge in [0.05, 0.1) is 16.4 Å². The number of sulfonamides is 2. The van der Waals surface area contributed by atoms with E-state index in [0.29, 0.717) is 18.5 Å². The number of rotatable bonds is 7. The van der Waals surface area contributed by atoms with Crippen LogP contribution in [0.5, 0.6) is 5.75 Å². The van der Waals surface area contributed by atoms with Crippen LogP contribution >= 0.6 is 0 Å². The molecule has 0 bridgehead atoms. The Morgan fingerprint density at radius 3 is 2.32 bits per heavy atom. The molecule has 0 aromatic heterocycles. The lowest BCUT2D eigenvalue weighted by molar-refractivity contribution is 0.321. The highest BCUT2D eigenvalue weighted by Gasteiger charge is 2.28. The van der Waals surface area contributed by atoms with Crippen LogP contribution in [0.25, 0.3) is 0 Å². The van der Waals surface area contributed by atoms with Crippen LogP contribution in [0.2, 0.25) is 0 Å². The summed E-state index contributed by atoms with van der Waals surface area (Å²) in [6.07, 6.45) is 0.511. The number of ether oxygens (including phenoxy) is 1. The summed E-state index contributed by atoms with van der Waals surface area (Å²) in [5.74, 6) is -0.794. The summed E-state index contributed by atoms with van der Waals surface area (Å²) in [6.45, 7) is 4.30. The van der Waals surface area contributed by atoms with Gasteiger partial charge in [0.2, 0.25) is 10.0 Å². The molecule has 7 nitrogen and oxygen atoms in total. The lowest BCUT2D eigenvalue weighted by Crippen LogP contribution is -2.36. The molecule has 0 fully saturated rings. The first-order valence-corrected chi connectivity index (χ1v) is 13.7. The van der Waals surface area contributed by atoms with Crippen molar-refractivity contribution >= 4 is 25.7 Å². The second kappa shape index (κ2) is 9.36. The van der Waals surface area contributed by atoms with E-state index in [-0.39, 0.29) is 34.4 Å². The van der Waals surface area contributed by atoms with Gasteiger partial charge in [-0.15, -0.1) is 0 Å². The lowest BCUT2D eigenvalue weighted by atomic mass is 10.0. The molecule has 0 spiro atoms. The van der Waals surface area contributed by atoms with Gasteiger partial charge < -0.3 is 4.74 Å². The van der Waals surface area contributed by atoms with Crippen LogP contribution in [-0.2, 0) is 33.0 Å². The fourth-order valence-electron chi connectivity index (χ4n) is 3.79. The van der Waals surface area contributed by atoms with E-state index in [4.69, 9.17) is 4.74 Å². The van der Waals surface area contributed by atoms with Crippen molar-refractivity contribution in [2.75, 3.05) is 17.9 Å². The molecule has 3 aromatic carbocycles. The Bertz CT molecular complexity index is 1420. The zero-order valence-corrected chi connectivity index (χ0v) is 20.4. The summed E-state index contributed by atoms with van der Waals surface area (Å²) < 4.78 is 74.9. The van der Waals surface area contributed by atoms with E-state index in [9.17, 15) is 21.2 Å². The molecule has 0 saturated heterocycles. The van der Waals surface area contributed by atoms with E-state index in [1.807, 2.05) is 6.92 Å². The Morgan fingerprint density at radius 2 is 1.65 bits per heavy atom. The Morgan fingerprint density at radius 1 is 0.941 bits per heavy atom. The molecule has 3 aromatic rings. The number of hydrogen-bond donors (Lipinski definition) is 1. The normalized spacial score (nSPS) is 14.4. The van der Waals surface area contributed by atoms with Crippen molar-refractivity contribution in [2.45, 2.75) is 36.6 Å². The Hall–Kier alpha value is -2.95. The topological polar surface area (TPSA) is 92.8 Å². The first kappa shape index (κ1) is 24.2. The monoisotopic (exact) mass is 504 g/mol. The van der Waals surface area contributed by atoms with Gasteiger partial charge in [-0.2, -0.15) is 4.31 Å². The molecular formula is C24H25FN2O5S2. The number of aryl methyl sites for hydroxylation is 1. The molecule has 0 saturated carbocycles. The predicted molar refractivity (Wildman–Crippen MR) is 127 cm³/mol. The minimum Gasteiger partial charge on any atom is -0.491 e. The quantitative estimate of drug-likeness (QED) is 0.523. The standard InChI is InChI=1S/C24H25FN2O5S2/c1-3-32-24-11-10-22(15-23(24)25)33(28,29)26-20-7-6-18-12-13-27(16-19(18)14-20)34(30,31)21-8-4-17(2)5-9-21/h4-11,14-15,26H,3,12-13,16H2,1-2H3. The molecule has 1 aliphatic rings. The van der Waals surface area contributed by atoms with E-state index in [1.54, 1.807) is 49.4 Å². The molecule has 1 N–H and O–H groups in total. The van der Waals surface area contributed by atoms with E-state index in [1.165, 1.54) is 16.4 Å². The SMILES string of the molecule is CCOc1ccc(S(=O)(=O)Nc2ccc3c(c2)CN(S(=O)(=O)c2ccc(C)cc2)CC3)cc1F. The predicted octanol–water partition coefficient (Wildman–Crippen LogP) is 4.08. The summed E-state index contributed by atoms with van der Waals surface area (Å²) in [5, 5.41) is 0. The van der Waals surface area contributed by atoms with E-state index < -0.39 is 25.9 Å². The van der Waals surface area contributed by atoms with Crippen LogP contribution in [-0.4, -0.2) is 34.3 Å². The number of anilines is 1. The van der Waals surface area contributed by atoms with Crippen molar-refractivity contribution < 1.29 is 26.0 Å². The zero-order valence-electron chi connectivity index (χ0n) is 18.8. The second-order valence-corrected chi connectivity index (χ2v) is 11.6. The molecule has 1 aliphatic heterocycles. The molecular weight excluding hydrogens is 479 g/mol. The molecule has 0 amide bonds. The highest BCUT2D eigenvalue weighted by atomic mass is 32.2. The molecule has 4 rings (SSSR count). The first-order valence-electron chi connectivity index (χ1n) is 10.7. The van der Waals surface area contributed by atoms with Crippen LogP contribution in [0.4, 0.5) is 10.1 Å². The van der Waals surface area contributed by atoms with Crippen molar-refractivity contribution in [1.82, 2.24) is 4.31 Å². The third kappa shape index (κ3) is 4.94. The van der Waals surface area contributed by atoms with Crippen molar-refractivity contribution in [3.8, 4) is 5.75 Å². The minimum absolute atomic E-state index is 0.0230. The summed E-state index contributed by atoms with van der Waals surface area (Å²) in [7, 11) is -7.75. The van der Waals surface area contributed by atoms with Gasteiger partial charge in [-0.3, -0.25) is 4.72 Å². The number of nitrogens with one attached hydrogen (secondary N) is 1. The van der Waals surface area contributed by atoms with E-state index in [0.717, 1.165) is 17.2 Å². The highest BCUT2D eigenvalue weighted by Crippen LogP contribution is 2.29. The fourth-order valence-corrected chi connectivity index (χ4v) is 6.27. The van der Waals surface area contributed by atoms with Crippen LogP contribution in [0.1, 0.15) is 23.6 Å². The first-order chi connectivity index (χ1) is 16.1. The van der Waals surface area contributed by atoms with Crippen molar-refractivity contribution in [3.63, 3.8) is 0 Å². The van der Waals surface area contributed by atoms with E-state index in [2.05, 4.69) is 4.72 Å². The zero-order chi connectivity index (χ0) is 24.5. The van der Waals surface area contributed by atoms with Crippen molar-refractivity contribution in [3.05, 3.63) is 83.2 Å². The Kier molecular flexibility index (Phi) is 6.66. The molecule has 1 heterocycles. The maximum atomic E-state index is 14.2. The van der Waals surface area contributed by atoms with Crippen LogP contribution in [0.15, 0.2) is 70.5 Å². The molecule has 10 heteroatoms. The van der Waals surface area contributed by atoms with Gasteiger partial charge in [0.25, 0.3) is 10.0 Å². The molecule has 0 aliphatic carbocycles. The Labute approximate surface area is 199 Å². The highest BCUT2D eigenvalue weighted by molar-refractivity contribution is 7.92. The number of fused-ring (bicyclic) bond motifs is 1. The van der Waals surface area contributed by atoms with Gasteiger partial charge in [0.15, 0.2) is 11.6 Å². The lowest BCUT2D eigenvalue weighted by Gasteiger charge is -2.28. The van der Waals surface area contributed by atoms with Crippen LogP contribution < -0.4 is 9.46 Å². The Balaban J connectivity index is 1.56. The largest absolute Gasteiger partial charge is 0.491 e. The van der Waals surface area contributed by atoms with Gasteiger partial charge in [-0.05, 0) is 73.9 Å². The average Bonchev–Trinajstić information content (AvgIpc) is 2.80.